The van der Waals surface area contributed by atoms with E-state index in [1.54, 1.807) is 12.1 Å². The summed E-state index contributed by atoms with van der Waals surface area (Å²) in [5.41, 5.74) is 5.46. The third kappa shape index (κ3) is 3.71. The van der Waals surface area contributed by atoms with Crippen LogP contribution in [0.25, 0.3) is 0 Å². The average Bonchev–Trinajstić information content (AvgIpc) is 3.02. The molecule has 8 heteroatoms. The van der Waals surface area contributed by atoms with Crippen LogP contribution in [0, 0.1) is 5.41 Å². The summed E-state index contributed by atoms with van der Waals surface area (Å²) in [6.07, 6.45) is 2.82. The molecule has 1 aromatic heterocycles. The molecule has 1 atom stereocenters. The van der Waals surface area contributed by atoms with Crippen molar-refractivity contribution in [2.45, 2.75) is 25.8 Å². The van der Waals surface area contributed by atoms with Crippen LogP contribution in [0.5, 0.6) is 0 Å². The molecular formula is C15H19N5O3. The number of amides is 2. The fraction of sp³-hybridized carbons (Fsp3) is 0.400. The number of nitrogens with zero attached hydrogens (tertiary/aromatic N) is 2. The summed E-state index contributed by atoms with van der Waals surface area (Å²) in [4.78, 5) is 40.5. The Labute approximate surface area is 133 Å². The largest absolute Gasteiger partial charge is 0.368 e. The third-order valence-corrected chi connectivity index (χ3v) is 3.74. The highest BCUT2D eigenvalue weighted by Gasteiger charge is 2.32. The van der Waals surface area contributed by atoms with E-state index in [4.69, 9.17) is 11.1 Å². The minimum absolute atomic E-state index is 0.0843. The lowest BCUT2D eigenvalue weighted by atomic mass is 10.1. The van der Waals surface area contributed by atoms with Crippen molar-refractivity contribution in [3.8, 4) is 0 Å². The van der Waals surface area contributed by atoms with Gasteiger partial charge in [0.2, 0.25) is 11.8 Å². The first-order valence-electron chi connectivity index (χ1n) is 7.29. The van der Waals surface area contributed by atoms with Gasteiger partial charge in [-0.2, -0.15) is 0 Å². The zero-order valence-corrected chi connectivity index (χ0v) is 12.8. The summed E-state index contributed by atoms with van der Waals surface area (Å²) in [7, 11) is 0. The van der Waals surface area contributed by atoms with Gasteiger partial charge in [-0.15, -0.1) is 0 Å². The minimum Gasteiger partial charge on any atom is -0.368 e. The van der Waals surface area contributed by atoms with Gasteiger partial charge in [0.15, 0.2) is 5.78 Å². The zero-order chi connectivity index (χ0) is 17.0. The Bertz CT molecular complexity index is 658. The Morgan fingerprint density at radius 3 is 2.87 bits per heavy atom. The van der Waals surface area contributed by atoms with Crippen LogP contribution in [0.1, 0.15) is 25.3 Å². The number of hydrogen-bond donors (Lipinski definition) is 3. The topological polar surface area (TPSA) is 129 Å². The number of aromatic nitrogens is 1. The van der Waals surface area contributed by atoms with Crippen molar-refractivity contribution in [3.63, 3.8) is 0 Å². The van der Waals surface area contributed by atoms with E-state index in [9.17, 15) is 14.4 Å². The molecule has 1 aromatic rings. The van der Waals surface area contributed by atoms with Gasteiger partial charge in [-0.05, 0) is 25.0 Å². The summed E-state index contributed by atoms with van der Waals surface area (Å²) in [6.45, 7) is 1.71. The third-order valence-electron chi connectivity index (χ3n) is 3.74. The summed E-state index contributed by atoms with van der Waals surface area (Å²) >= 11 is 0. The number of pyridine rings is 1. The molecule has 1 fully saturated rings. The molecule has 1 aliphatic heterocycles. The predicted octanol–water partition coefficient (Wildman–Crippen LogP) is -0.0733. The number of rotatable bonds is 6. The molecule has 0 unspecified atom stereocenters. The SMILES string of the molecule is CC(=O)C(=N)c1cccnc1NCC(=O)N1CCC[C@H]1C(N)=O. The number of hydrogen-bond acceptors (Lipinski definition) is 6. The molecule has 1 aliphatic rings. The van der Waals surface area contributed by atoms with Crippen molar-refractivity contribution in [2.75, 3.05) is 18.4 Å². The lowest BCUT2D eigenvalue weighted by Crippen LogP contribution is -2.45. The maximum Gasteiger partial charge on any atom is 0.242 e. The number of nitrogens with two attached hydrogens (primary N) is 1. The van der Waals surface area contributed by atoms with Crippen molar-refractivity contribution in [1.82, 2.24) is 9.88 Å². The second-order valence-corrected chi connectivity index (χ2v) is 5.33. The van der Waals surface area contributed by atoms with Gasteiger partial charge >= 0.3 is 0 Å². The molecule has 2 heterocycles. The zero-order valence-electron chi connectivity index (χ0n) is 12.8. The number of anilines is 1. The molecule has 0 saturated carbocycles. The van der Waals surface area contributed by atoms with Crippen molar-refractivity contribution in [1.29, 1.82) is 5.41 Å². The van der Waals surface area contributed by atoms with Crippen LogP contribution < -0.4 is 11.1 Å². The van der Waals surface area contributed by atoms with Gasteiger partial charge in [0, 0.05) is 25.2 Å². The standard InChI is InChI=1S/C15H19N5O3/c1-9(21)13(16)10-4-2-6-18-15(10)19-8-12(22)20-7-3-5-11(20)14(17)23/h2,4,6,11,16H,3,5,7-8H2,1H3,(H2,17,23)(H,18,19)/t11-/m0/s1. The predicted molar refractivity (Wildman–Crippen MR) is 84.2 cm³/mol. The highest BCUT2D eigenvalue weighted by molar-refractivity contribution is 6.45. The van der Waals surface area contributed by atoms with E-state index < -0.39 is 11.9 Å². The van der Waals surface area contributed by atoms with Crippen LogP contribution in [-0.4, -0.2) is 52.3 Å². The van der Waals surface area contributed by atoms with Crippen LogP contribution in [0.2, 0.25) is 0 Å². The van der Waals surface area contributed by atoms with Gasteiger partial charge < -0.3 is 16.0 Å². The molecule has 0 radical (unpaired) electrons. The monoisotopic (exact) mass is 317 g/mol. The van der Waals surface area contributed by atoms with E-state index in [0.29, 0.717) is 18.5 Å². The molecule has 122 valence electrons. The first-order valence-corrected chi connectivity index (χ1v) is 7.29. The van der Waals surface area contributed by atoms with Crippen LogP contribution in [-0.2, 0) is 14.4 Å². The van der Waals surface area contributed by atoms with Crippen molar-refractivity contribution < 1.29 is 14.4 Å². The minimum atomic E-state index is -0.567. The Morgan fingerprint density at radius 2 is 2.22 bits per heavy atom. The van der Waals surface area contributed by atoms with Gasteiger partial charge in [0.05, 0.1) is 6.54 Å². The smallest absolute Gasteiger partial charge is 0.242 e. The number of ketones is 1. The van der Waals surface area contributed by atoms with E-state index >= 15 is 0 Å². The van der Waals surface area contributed by atoms with Crippen molar-refractivity contribution >= 4 is 29.1 Å². The maximum absolute atomic E-state index is 12.3. The number of primary amides is 1. The Hall–Kier alpha value is -2.77. The fourth-order valence-electron chi connectivity index (χ4n) is 2.56. The van der Waals surface area contributed by atoms with Gasteiger partial charge in [0.25, 0.3) is 0 Å². The molecule has 2 amide bonds. The van der Waals surface area contributed by atoms with Crippen LogP contribution >= 0.6 is 0 Å². The summed E-state index contributed by atoms with van der Waals surface area (Å²) < 4.78 is 0. The number of carbonyl (C=O) groups is 3. The second kappa shape index (κ2) is 6.99. The van der Waals surface area contributed by atoms with E-state index in [-0.39, 0.29) is 29.8 Å². The molecule has 2 rings (SSSR count). The highest BCUT2D eigenvalue weighted by Crippen LogP contribution is 2.18. The quantitative estimate of drug-likeness (QED) is 0.632. The molecule has 0 aliphatic carbocycles. The molecule has 0 spiro atoms. The summed E-state index contributed by atoms with van der Waals surface area (Å²) in [5.74, 6) is -0.874. The summed E-state index contributed by atoms with van der Waals surface area (Å²) in [6, 6.07) is 2.64. The van der Waals surface area contributed by atoms with Gasteiger partial charge in [-0.3, -0.25) is 19.8 Å². The lowest BCUT2D eigenvalue weighted by Gasteiger charge is -2.22. The Morgan fingerprint density at radius 1 is 1.48 bits per heavy atom. The average molecular weight is 317 g/mol. The van der Waals surface area contributed by atoms with E-state index in [1.807, 2.05) is 0 Å². The van der Waals surface area contributed by atoms with Crippen LogP contribution in [0.4, 0.5) is 5.82 Å². The van der Waals surface area contributed by atoms with Crippen LogP contribution in [0.15, 0.2) is 18.3 Å². The van der Waals surface area contributed by atoms with Crippen molar-refractivity contribution in [2.24, 2.45) is 5.73 Å². The number of Topliss-reactive ketones (excluding diaryl/α,β-unsaturated/α-hetero) is 1. The van der Waals surface area contributed by atoms with E-state index in [0.717, 1.165) is 6.42 Å². The van der Waals surface area contributed by atoms with E-state index in [1.165, 1.54) is 18.0 Å². The van der Waals surface area contributed by atoms with Gasteiger partial charge in [-0.25, -0.2) is 4.98 Å². The van der Waals surface area contributed by atoms with Crippen molar-refractivity contribution in [3.05, 3.63) is 23.9 Å². The van der Waals surface area contributed by atoms with Gasteiger partial charge in [-0.1, -0.05) is 0 Å². The first-order chi connectivity index (χ1) is 10.9. The lowest BCUT2D eigenvalue weighted by molar-refractivity contribution is -0.135. The number of likely N-dealkylation sites (tertiary alicyclic amines) is 1. The molecule has 8 nitrogen and oxygen atoms in total. The molecule has 0 aromatic carbocycles. The number of nitrogens with one attached hydrogen (secondary N) is 2. The normalized spacial score (nSPS) is 16.9. The van der Waals surface area contributed by atoms with Gasteiger partial charge in [0.1, 0.15) is 17.6 Å². The van der Waals surface area contributed by atoms with Crippen LogP contribution in [0.3, 0.4) is 0 Å². The highest BCUT2D eigenvalue weighted by atomic mass is 16.2. The molecule has 4 N–H and O–H groups in total. The first kappa shape index (κ1) is 16.6. The Kier molecular flexibility index (Phi) is 5.05. The molecule has 0 bridgehead atoms. The number of carbonyl (C=O) groups excluding carboxylic acids is 3. The molecule has 1 saturated heterocycles. The Balaban J connectivity index is 2.07. The van der Waals surface area contributed by atoms with E-state index in [2.05, 4.69) is 10.3 Å². The summed E-state index contributed by atoms with van der Waals surface area (Å²) in [5, 5.41) is 10.6. The fourth-order valence-corrected chi connectivity index (χ4v) is 2.56. The molecule has 23 heavy (non-hydrogen) atoms. The maximum atomic E-state index is 12.3. The second-order valence-electron chi connectivity index (χ2n) is 5.33. The molecular weight excluding hydrogens is 298 g/mol.